The lowest BCUT2D eigenvalue weighted by molar-refractivity contribution is -0.697. The molecule has 2 atom stereocenters. The van der Waals surface area contributed by atoms with Crippen molar-refractivity contribution in [3.05, 3.63) is 28.8 Å². The van der Waals surface area contributed by atoms with Gasteiger partial charge in [0.25, 0.3) is 0 Å². The summed E-state index contributed by atoms with van der Waals surface area (Å²) in [5.74, 6) is 1.53. The van der Waals surface area contributed by atoms with Crippen LogP contribution in [0.5, 0.6) is 5.75 Å². The van der Waals surface area contributed by atoms with Crippen LogP contribution in [-0.2, 0) is 0 Å². The largest absolute Gasteiger partial charge is 0.490 e. The van der Waals surface area contributed by atoms with E-state index in [2.05, 4.69) is 52.1 Å². The number of ether oxygens (including phenoxy) is 1. The van der Waals surface area contributed by atoms with E-state index in [9.17, 15) is 5.11 Å². The Balaban J connectivity index is 2.49. The Kier molecular flexibility index (Phi) is 6.50. The summed E-state index contributed by atoms with van der Waals surface area (Å²) in [7, 11) is 0. The first-order chi connectivity index (χ1) is 9.32. The van der Waals surface area contributed by atoms with Crippen molar-refractivity contribution in [1.82, 2.24) is 0 Å². The summed E-state index contributed by atoms with van der Waals surface area (Å²) in [6, 6.07) is 4.69. The molecule has 3 nitrogen and oxygen atoms in total. The summed E-state index contributed by atoms with van der Waals surface area (Å²) >= 11 is 0. The lowest BCUT2D eigenvalue weighted by Crippen LogP contribution is -2.92. The van der Waals surface area contributed by atoms with Gasteiger partial charge in [-0.15, -0.1) is 0 Å². The maximum absolute atomic E-state index is 10.0. The van der Waals surface area contributed by atoms with Crippen LogP contribution in [0.15, 0.2) is 12.1 Å². The standard InChI is InChI=1S/C17H29NO2/c1-11(2)15(6)18-9-16(19)10-20-17-13(4)8-7-12(3)14(17)5/h7-8,11,15-16,18-19H,9-10H2,1-6H3/p+1/t15-,16+/m0/s1. The van der Waals surface area contributed by atoms with E-state index in [1.165, 1.54) is 5.56 Å². The molecule has 1 aromatic rings. The number of quaternary nitrogens is 1. The molecule has 3 heteroatoms. The predicted octanol–water partition coefficient (Wildman–Crippen LogP) is 1.96. The molecule has 0 aliphatic heterocycles. The minimum absolute atomic E-state index is 0.354. The maximum Gasteiger partial charge on any atom is 0.137 e. The fourth-order valence-corrected chi connectivity index (χ4v) is 2.04. The highest BCUT2D eigenvalue weighted by Gasteiger charge is 2.15. The lowest BCUT2D eigenvalue weighted by atomic mass is 10.1. The number of rotatable bonds is 7. The number of aryl methyl sites for hydroxylation is 2. The number of hydrogen-bond acceptors (Lipinski definition) is 2. The minimum Gasteiger partial charge on any atom is -0.490 e. The Morgan fingerprint density at radius 3 is 2.30 bits per heavy atom. The molecule has 1 rings (SSSR count). The zero-order valence-corrected chi connectivity index (χ0v) is 13.7. The number of aliphatic hydroxyl groups excluding tert-OH is 1. The molecular weight excluding hydrogens is 250 g/mol. The van der Waals surface area contributed by atoms with Gasteiger partial charge in [-0.05, 0) is 44.4 Å². The SMILES string of the molecule is Cc1ccc(C)c(OC[C@H](O)C[NH2+][C@@H](C)C(C)C)c1C. The average Bonchev–Trinajstić information content (AvgIpc) is 2.40. The first-order valence-electron chi connectivity index (χ1n) is 7.54. The molecule has 3 N–H and O–H groups in total. The topological polar surface area (TPSA) is 46.1 Å². The van der Waals surface area contributed by atoms with Crippen molar-refractivity contribution in [3.63, 3.8) is 0 Å². The van der Waals surface area contributed by atoms with Gasteiger partial charge in [-0.25, -0.2) is 0 Å². The van der Waals surface area contributed by atoms with Gasteiger partial charge in [0.05, 0.1) is 6.04 Å². The van der Waals surface area contributed by atoms with Crippen LogP contribution < -0.4 is 10.1 Å². The van der Waals surface area contributed by atoms with Gasteiger partial charge in [-0.2, -0.15) is 0 Å². The van der Waals surface area contributed by atoms with Gasteiger partial charge in [0.15, 0.2) is 0 Å². The molecule has 20 heavy (non-hydrogen) atoms. The van der Waals surface area contributed by atoms with Crippen molar-refractivity contribution < 1.29 is 15.2 Å². The molecule has 0 radical (unpaired) electrons. The normalized spacial score (nSPS) is 14.4. The van der Waals surface area contributed by atoms with E-state index in [1.54, 1.807) is 0 Å². The van der Waals surface area contributed by atoms with E-state index in [1.807, 2.05) is 6.92 Å². The third kappa shape index (κ3) is 4.80. The second-order valence-corrected chi connectivity index (χ2v) is 6.19. The van der Waals surface area contributed by atoms with Crippen LogP contribution >= 0.6 is 0 Å². The van der Waals surface area contributed by atoms with Gasteiger partial charge in [-0.1, -0.05) is 26.0 Å². The summed E-state index contributed by atoms with van der Waals surface area (Å²) in [6.45, 7) is 13.8. The Morgan fingerprint density at radius 2 is 1.70 bits per heavy atom. The summed E-state index contributed by atoms with van der Waals surface area (Å²) < 4.78 is 5.83. The molecule has 0 saturated heterocycles. The zero-order valence-electron chi connectivity index (χ0n) is 13.7. The Morgan fingerprint density at radius 1 is 1.10 bits per heavy atom. The summed E-state index contributed by atoms with van der Waals surface area (Å²) in [5, 5.41) is 12.2. The molecule has 0 aliphatic rings. The first-order valence-corrected chi connectivity index (χ1v) is 7.54. The molecule has 0 saturated carbocycles. The molecule has 114 valence electrons. The van der Waals surface area contributed by atoms with E-state index in [0.29, 0.717) is 25.1 Å². The second-order valence-electron chi connectivity index (χ2n) is 6.19. The lowest BCUT2D eigenvalue weighted by Gasteiger charge is -2.19. The van der Waals surface area contributed by atoms with Crippen LogP contribution in [-0.4, -0.2) is 30.4 Å². The molecule has 0 unspecified atom stereocenters. The Labute approximate surface area is 123 Å². The van der Waals surface area contributed by atoms with Crippen LogP contribution in [0.4, 0.5) is 0 Å². The fraction of sp³-hybridized carbons (Fsp3) is 0.647. The van der Waals surface area contributed by atoms with Gasteiger partial charge < -0.3 is 15.2 Å². The minimum atomic E-state index is -0.435. The second kappa shape index (κ2) is 7.65. The van der Waals surface area contributed by atoms with Crippen molar-refractivity contribution in [3.8, 4) is 5.75 Å². The summed E-state index contributed by atoms with van der Waals surface area (Å²) in [5.41, 5.74) is 3.51. The van der Waals surface area contributed by atoms with Crippen molar-refractivity contribution in [1.29, 1.82) is 0 Å². The number of nitrogens with two attached hydrogens (primary N) is 1. The van der Waals surface area contributed by atoms with Crippen molar-refractivity contribution >= 4 is 0 Å². The monoisotopic (exact) mass is 280 g/mol. The van der Waals surface area contributed by atoms with Crippen LogP contribution in [0, 0.1) is 26.7 Å². The number of hydrogen-bond donors (Lipinski definition) is 2. The van der Waals surface area contributed by atoms with Crippen molar-refractivity contribution in [2.75, 3.05) is 13.2 Å². The quantitative estimate of drug-likeness (QED) is 0.802. The zero-order chi connectivity index (χ0) is 15.3. The van der Waals surface area contributed by atoms with E-state index in [4.69, 9.17) is 4.74 Å². The molecule has 0 aliphatic carbocycles. The van der Waals surface area contributed by atoms with Crippen molar-refractivity contribution in [2.45, 2.75) is 53.7 Å². The molecule has 0 bridgehead atoms. The van der Waals surface area contributed by atoms with Crippen molar-refractivity contribution in [2.24, 2.45) is 5.92 Å². The summed E-state index contributed by atoms with van der Waals surface area (Å²) in [4.78, 5) is 0. The molecule has 0 spiro atoms. The van der Waals surface area contributed by atoms with Crippen LogP contribution in [0.1, 0.15) is 37.5 Å². The van der Waals surface area contributed by atoms with Gasteiger partial charge in [0.2, 0.25) is 0 Å². The van der Waals surface area contributed by atoms with Crippen LogP contribution in [0.2, 0.25) is 0 Å². The smallest absolute Gasteiger partial charge is 0.137 e. The molecular formula is C17H30NO2+. The molecule has 0 amide bonds. The summed E-state index contributed by atoms with van der Waals surface area (Å²) in [6.07, 6.45) is -0.435. The van der Waals surface area contributed by atoms with Gasteiger partial charge in [-0.3, -0.25) is 0 Å². The van der Waals surface area contributed by atoms with Crippen LogP contribution in [0.25, 0.3) is 0 Å². The third-order valence-electron chi connectivity index (χ3n) is 4.13. The van der Waals surface area contributed by atoms with E-state index < -0.39 is 6.10 Å². The highest BCUT2D eigenvalue weighted by atomic mass is 16.5. The van der Waals surface area contributed by atoms with Crippen LogP contribution in [0.3, 0.4) is 0 Å². The number of benzene rings is 1. The fourth-order valence-electron chi connectivity index (χ4n) is 2.04. The number of aliphatic hydroxyl groups is 1. The van der Waals surface area contributed by atoms with E-state index >= 15 is 0 Å². The molecule has 0 heterocycles. The Hall–Kier alpha value is -1.06. The molecule has 0 aromatic heterocycles. The van der Waals surface area contributed by atoms with Gasteiger partial charge >= 0.3 is 0 Å². The molecule has 1 aromatic carbocycles. The van der Waals surface area contributed by atoms with E-state index in [0.717, 1.165) is 16.9 Å². The predicted molar refractivity (Wildman–Crippen MR) is 83.2 cm³/mol. The van der Waals surface area contributed by atoms with Gasteiger partial charge in [0, 0.05) is 5.92 Å². The maximum atomic E-state index is 10.0. The molecule has 0 fully saturated rings. The van der Waals surface area contributed by atoms with E-state index in [-0.39, 0.29) is 0 Å². The highest BCUT2D eigenvalue weighted by molar-refractivity contribution is 5.44. The highest BCUT2D eigenvalue weighted by Crippen LogP contribution is 2.25. The first kappa shape index (κ1) is 17.0. The average molecular weight is 280 g/mol. The Bertz CT molecular complexity index is 429. The van der Waals surface area contributed by atoms with Gasteiger partial charge in [0.1, 0.15) is 25.0 Å². The third-order valence-corrected chi connectivity index (χ3v) is 4.13.